The Labute approximate surface area is 103 Å². The molecule has 0 atom stereocenters. The normalized spacial score (nSPS) is 18.3. The standard InChI is InChI=1S/C13H21N3O/c1-13(2,3)11-8-14-12(15-9-11)10-16-4-6-17-7-5-16/h8-9H,4-7,10H2,1-3H3. The highest BCUT2D eigenvalue weighted by Gasteiger charge is 2.16. The Balaban J connectivity index is 1.98. The topological polar surface area (TPSA) is 38.2 Å². The van der Waals surface area contributed by atoms with Crippen LogP contribution in [0, 0.1) is 0 Å². The fourth-order valence-electron chi connectivity index (χ4n) is 1.78. The first-order valence-electron chi connectivity index (χ1n) is 6.17. The summed E-state index contributed by atoms with van der Waals surface area (Å²) in [5.74, 6) is 0.903. The molecule has 1 aliphatic rings. The van der Waals surface area contributed by atoms with Crippen molar-refractivity contribution in [2.75, 3.05) is 26.3 Å². The fraction of sp³-hybridized carbons (Fsp3) is 0.692. The van der Waals surface area contributed by atoms with Gasteiger partial charge in [-0.1, -0.05) is 20.8 Å². The van der Waals surface area contributed by atoms with Crippen molar-refractivity contribution >= 4 is 0 Å². The van der Waals surface area contributed by atoms with E-state index < -0.39 is 0 Å². The molecule has 4 heteroatoms. The quantitative estimate of drug-likeness (QED) is 0.780. The van der Waals surface area contributed by atoms with Gasteiger partial charge in [0.2, 0.25) is 0 Å². The van der Waals surface area contributed by atoms with Gasteiger partial charge in [-0.05, 0) is 11.0 Å². The Morgan fingerprint density at radius 2 is 1.76 bits per heavy atom. The highest BCUT2D eigenvalue weighted by molar-refractivity contribution is 5.15. The molecular formula is C13H21N3O. The van der Waals surface area contributed by atoms with Crippen molar-refractivity contribution in [3.05, 3.63) is 23.8 Å². The lowest BCUT2D eigenvalue weighted by molar-refractivity contribution is 0.0330. The summed E-state index contributed by atoms with van der Waals surface area (Å²) in [6.45, 7) is 10.9. The molecule has 0 amide bonds. The molecule has 0 saturated carbocycles. The Bertz CT molecular complexity index is 350. The SMILES string of the molecule is CC(C)(C)c1cnc(CN2CCOCC2)nc1. The number of aromatic nitrogens is 2. The lowest BCUT2D eigenvalue weighted by Crippen LogP contribution is -2.36. The minimum atomic E-state index is 0.123. The number of ether oxygens (including phenoxy) is 1. The average Bonchev–Trinajstić information content (AvgIpc) is 2.30. The molecule has 1 aliphatic heterocycles. The second kappa shape index (κ2) is 5.10. The zero-order chi connectivity index (χ0) is 12.3. The van der Waals surface area contributed by atoms with Gasteiger partial charge in [-0.2, -0.15) is 0 Å². The molecule has 1 aromatic rings. The van der Waals surface area contributed by atoms with E-state index >= 15 is 0 Å². The Hall–Kier alpha value is -1.00. The molecular weight excluding hydrogens is 214 g/mol. The van der Waals surface area contributed by atoms with Crippen LogP contribution in [0.4, 0.5) is 0 Å². The second-order valence-corrected chi connectivity index (χ2v) is 5.53. The van der Waals surface area contributed by atoms with Gasteiger partial charge in [-0.25, -0.2) is 9.97 Å². The van der Waals surface area contributed by atoms with Gasteiger partial charge >= 0.3 is 0 Å². The average molecular weight is 235 g/mol. The van der Waals surface area contributed by atoms with E-state index in [-0.39, 0.29) is 5.41 Å². The number of rotatable bonds is 2. The maximum Gasteiger partial charge on any atom is 0.142 e. The molecule has 0 aromatic carbocycles. The van der Waals surface area contributed by atoms with Crippen molar-refractivity contribution in [1.82, 2.24) is 14.9 Å². The predicted octanol–water partition coefficient (Wildman–Crippen LogP) is 1.61. The Kier molecular flexibility index (Phi) is 3.74. The van der Waals surface area contributed by atoms with Gasteiger partial charge in [0.15, 0.2) is 0 Å². The summed E-state index contributed by atoms with van der Waals surface area (Å²) in [5.41, 5.74) is 1.31. The number of hydrogen-bond acceptors (Lipinski definition) is 4. The Morgan fingerprint density at radius 3 is 2.29 bits per heavy atom. The molecule has 1 aromatic heterocycles. The van der Waals surface area contributed by atoms with Gasteiger partial charge in [-0.15, -0.1) is 0 Å². The van der Waals surface area contributed by atoms with Gasteiger partial charge < -0.3 is 4.74 Å². The van der Waals surface area contributed by atoms with E-state index in [1.165, 1.54) is 5.56 Å². The lowest BCUT2D eigenvalue weighted by atomic mass is 9.89. The smallest absolute Gasteiger partial charge is 0.142 e. The lowest BCUT2D eigenvalue weighted by Gasteiger charge is -2.26. The van der Waals surface area contributed by atoms with Crippen LogP contribution in [0.2, 0.25) is 0 Å². The molecule has 4 nitrogen and oxygen atoms in total. The Morgan fingerprint density at radius 1 is 1.18 bits per heavy atom. The van der Waals surface area contributed by atoms with Crippen LogP contribution in [0.15, 0.2) is 12.4 Å². The predicted molar refractivity (Wildman–Crippen MR) is 66.8 cm³/mol. The minimum absolute atomic E-state index is 0.123. The van der Waals surface area contributed by atoms with Crippen molar-refractivity contribution in [2.45, 2.75) is 32.7 Å². The summed E-state index contributed by atoms with van der Waals surface area (Å²) in [7, 11) is 0. The molecule has 2 rings (SSSR count). The van der Waals surface area contributed by atoms with Crippen LogP contribution in [-0.4, -0.2) is 41.2 Å². The highest BCUT2D eigenvalue weighted by Crippen LogP contribution is 2.20. The van der Waals surface area contributed by atoms with Gasteiger partial charge in [0.05, 0.1) is 19.8 Å². The van der Waals surface area contributed by atoms with E-state index in [0.29, 0.717) is 0 Å². The minimum Gasteiger partial charge on any atom is -0.379 e. The maximum absolute atomic E-state index is 5.32. The van der Waals surface area contributed by atoms with Crippen LogP contribution in [0.1, 0.15) is 32.2 Å². The fourth-order valence-corrected chi connectivity index (χ4v) is 1.78. The number of hydrogen-bond donors (Lipinski definition) is 0. The van der Waals surface area contributed by atoms with Crippen molar-refractivity contribution < 1.29 is 4.74 Å². The maximum atomic E-state index is 5.32. The van der Waals surface area contributed by atoms with Crippen molar-refractivity contribution in [3.8, 4) is 0 Å². The zero-order valence-electron chi connectivity index (χ0n) is 10.9. The van der Waals surface area contributed by atoms with E-state index in [9.17, 15) is 0 Å². The molecule has 1 fully saturated rings. The third-order valence-electron chi connectivity index (χ3n) is 3.04. The molecule has 2 heterocycles. The zero-order valence-corrected chi connectivity index (χ0v) is 10.9. The van der Waals surface area contributed by atoms with E-state index in [1.807, 2.05) is 12.4 Å². The largest absolute Gasteiger partial charge is 0.379 e. The van der Waals surface area contributed by atoms with E-state index in [4.69, 9.17) is 4.74 Å². The molecule has 0 unspecified atom stereocenters. The highest BCUT2D eigenvalue weighted by atomic mass is 16.5. The number of morpholine rings is 1. The van der Waals surface area contributed by atoms with E-state index in [2.05, 4.69) is 35.6 Å². The second-order valence-electron chi connectivity index (χ2n) is 5.53. The first-order chi connectivity index (χ1) is 8.05. The van der Waals surface area contributed by atoms with Crippen LogP contribution in [0.25, 0.3) is 0 Å². The van der Waals surface area contributed by atoms with Crippen LogP contribution < -0.4 is 0 Å². The van der Waals surface area contributed by atoms with Gasteiger partial charge in [0.1, 0.15) is 5.82 Å². The summed E-state index contributed by atoms with van der Waals surface area (Å²) >= 11 is 0. The summed E-state index contributed by atoms with van der Waals surface area (Å²) in [4.78, 5) is 11.2. The summed E-state index contributed by atoms with van der Waals surface area (Å²) in [6, 6.07) is 0. The molecule has 0 N–H and O–H groups in total. The summed E-state index contributed by atoms with van der Waals surface area (Å²) in [6.07, 6.45) is 3.89. The summed E-state index contributed by atoms with van der Waals surface area (Å²) < 4.78 is 5.32. The van der Waals surface area contributed by atoms with Crippen molar-refractivity contribution in [2.24, 2.45) is 0 Å². The van der Waals surface area contributed by atoms with Gasteiger partial charge in [-0.3, -0.25) is 4.90 Å². The van der Waals surface area contributed by atoms with Crippen molar-refractivity contribution in [3.63, 3.8) is 0 Å². The van der Waals surface area contributed by atoms with E-state index in [1.54, 1.807) is 0 Å². The monoisotopic (exact) mass is 235 g/mol. The third kappa shape index (κ3) is 3.48. The van der Waals surface area contributed by atoms with E-state index in [0.717, 1.165) is 38.7 Å². The molecule has 94 valence electrons. The molecule has 0 spiro atoms. The molecule has 0 aliphatic carbocycles. The number of nitrogens with zero attached hydrogens (tertiary/aromatic N) is 3. The van der Waals surface area contributed by atoms with Gasteiger partial charge in [0, 0.05) is 25.5 Å². The first-order valence-corrected chi connectivity index (χ1v) is 6.17. The van der Waals surface area contributed by atoms with Crippen molar-refractivity contribution in [1.29, 1.82) is 0 Å². The van der Waals surface area contributed by atoms with Gasteiger partial charge in [0.25, 0.3) is 0 Å². The van der Waals surface area contributed by atoms with Crippen LogP contribution in [-0.2, 0) is 16.7 Å². The first kappa shape index (κ1) is 12.5. The van der Waals surface area contributed by atoms with Crippen LogP contribution in [0.5, 0.6) is 0 Å². The van der Waals surface area contributed by atoms with Crippen LogP contribution >= 0.6 is 0 Å². The third-order valence-corrected chi connectivity index (χ3v) is 3.04. The van der Waals surface area contributed by atoms with Crippen LogP contribution in [0.3, 0.4) is 0 Å². The molecule has 1 saturated heterocycles. The summed E-state index contributed by atoms with van der Waals surface area (Å²) in [5, 5.41) is 0. The molecule has 17 heavy (non-hydrogen) atoms. The molecule has 0 bridgehead atoms. The molecule has 0 radical (unpaired) electrons.